The van der Waals surface area contributed by atoms with Crippen LogP contribution >= 0.6 is 0 Å². The summed E-state index contributed by atoms with van der Waals surface area (Å²) in [5, 5.41) is 10.7. The number of ether oxygens (including phenoxy) is 2. The highest BCUT2D eigenvalue weighted by Crippen LogP contribution is 2.17. The van der Waals surface area contributed by atoms with Crippen molar-refractivity contribution >= 4 is 0 Å². The molecule has 3 rings (SSSR count). The van der Waals surface area contributed by atoms with Gasteiger partial charge in [-0.2, -0.15) is 0 Å². The minimum atomic E-state index is -0.473. The van der Waals surface area contributed by atoms with Gasteiger partial charge in [0.2, 0.25) is 0 Å². The third-order valence-corrected chi connectivity index (χ3v) is 6.04. The van der Waals surface area contributed by atoms with E-state index in [9.17, 15) is 5.11 Å². The van der Waals surface area contributed by atoms with Gasteiger partial charge in [0.15, 0.2) is 0 Å². The Kier molecular flexibility index (Phi) is 11.7. The first kappa shape index (κ1) is 26.0. The summed E-state index contributed by atoms with van der Waals surface area (Å²) in [5.41, 5.74) is 3.58. The van der Waals surface area contributed by atoms with Gasteiger partial charge in [-0.3, -0.25) is 4.90 Å². The molecule has 0 saturated heterocycles. The largest absolute Gasteiger partial charge is 0.497 e. The third kappa shape index (κ3) is 9.68. The predicted molar refractivity (Wildman–Crippen MR) is 139 cm³/mol. The van der Waals surface area contributed by atoms with Gasteiger partial charge >= 0.3 is 0 Å². The number of aliphatic hydroxyl groups excluding tert-OH is 1. The number of benzene rings is 3. The van der Waals surface area contributed by atoms with E-state index in [1.807, 2.05) is 48.5 Å². The Morgan fingerprint density at radius 3 is 2.12 bits per heavy atom. The summed E-state index contributed by atoms with van der Waals surface area (Å²) in [6.45, 7) is 4.08. The Morgan fingerprint density at radius 2 is 1.41 bits per heavy atom. The molecule has 182 valence electrons. The highest BCUT2D eigenvalue weighted by atomic mass is 16.5. The minimum absolute atomic E-state index is 0.473. The summed E-state index contributed by atoms with van der Waals surface area (Å²) < 4.78 is 11.0. The predicted octanol–water partition coefficient (Wildman–Crippen LogP) is 6.05. The average molecular weight is 462 g/mol. The maximum absolute atomic E-state index is 10.7. The van der Waals surface area contributed by atoms with Gasteiger partial charge in [-0.25, -0.2) is 0 Å². The van der Waals surface area contributed by atoms with Crippen LogP contribution in [-0.4, -0.2) is 43.4 Å². The molecular formula is C30H39NO3. The maximum Gasteiger partial charge on any atom is 0.118 e. The molecule has 0 aliphatic rings. The van der Waals surface area contributed by atoms with Crippen LogP contribution in [0, 0.1) is 0 Å². The zero-order valence-electron chi connectivity index (χ0n) is 20.4. The number of hydrogen-bond donors (Lipinski definition) is 1. The second-order valence-electron chi connectivity index (χ2n) is 8.77. The van der Waals surface area contributed by atoms with Gasteiger partial charge < -0.3 is 14.6 Å². The van der Waals surface area contributed by atoms with Crippen molar-refractivity contribution in [1.29, 1.82) is 0 Å². The minimum Gasteiger partial charge on any atom is -0.497 e. The Labute approximate surface area is 205 Å². The lowest BCUT2D eigenvalue weighted by molar-refractivity contribution is 0.105. The fourth-order valence-corrected chi connectivity index (χ4v) is 4.09. The summed E-state index contributed by atoms with van der Waals surface area (Å²) >= 11 is 0. The van der Waals surface area contributed by atoms with E-state index in [2.05, 4.69) is 41.3 Å². The highest BCUT2D eigenvalue weighted by Gasteiger charge is 2.14. The molecule has 0 radical (unpaired) electrons. The molecule has 0 spiro atoms. The lowest BCUT2D eigenvalue weighted by Gasteiger charge is -2.25. The zero-order valence-corrected chi connectivity index (χ0v) is 20.4. The fourth-order valence-electron chi connectivity index (χ4n) is 4.09. The van der Waals surface area contributed by atoms with E-state index in [1.165, 1.54) is 11.1 Å². The van der Waals surface area contributed by atoms with Crippen molar-refractivity contribution < 1.29 is 14.6 Å². The lowest BCUT2D eigenvalue weighted by atomic mass is 10.1. The molecule has 1 atom stereocenters. The molecule has 3 aromatic rings. The second kappa shape index (κ2) is 15.3. The molecule has 3 aromatic carbocycles. The first-order valence-electron chi connectivity index (χ1n) is 12.4. The number of unbranched alkanes of at least 4 members (excludes halogenated alkanes) is 2. The van der Waals surface area contributed by atoms with E-state index in [0.29, 0.717) is 6.54 Å². The standard InChI is InChI=1S/C30H39NO3/c1-33-29-19-17-26(18-20-29)14-11-23-34-22-10-4-9-21-31(24-27-12-5-2-6-13-27)25-30(32)28-15-7-3-8-16-28/h2-3,5-8,12-13,15-20,30,32H,4,9-11,14,21-25H2,1H3. The molecule has 34 heavy (non-hydrogen) atoms. The zero-order chi connectivity index (χ0) is 23.8. The molecule has 0 bridgehead atoms. The summed E-state index contributed by atoms with van der Waals surface area (Å²) in [4.78, 5) is 2.36. The molecule has 0 saturated carbocycles. The summed E-state index contributed by atoms with van der Waals surface area (Å²) in [5.74, 6) is 0.900. The van der Waals surface area contributed by atoms with Crippen molar-refractivity contribution in [2.75, 3.05) is 33.4 Å². The molecule has 4 heteroatoms. The highest BCUT2D eigenvalue weighted by molar-refractivity contribution is 5.27. The molecule has 0 amide bonds. The van der Waals surface area contributed by atoms with Gasteiger partial charge in [0, 0.05) is 26.3 Å². The van der Waals surface area contributed by atoms with E-state index < -0.39 is 6.10 Å². The van der Waals surface area contributed by atoms with Crippen LogP contribution in [0.25, 0.3) is 0 Å². The topological polar surface area (TPSA) is 41.9 Å². The smallest absolute Gasteiger partial charge is 0.118 e. The molecule has 0 fully saturated rings. The first-order chi connectivity index (χ1) is 16.7. The Bertz CT molecular complexity index is 899. The Balaban J connectivity index is 1.32. The number of hydrogen-bond acceptors (Lipinski definition) is 4. The number of aryl methyl sites for hydroxylation is 1. The van der Waals surface area contributed by atoms with E-state index in [1.54, 1.807) is 7.11 Å². The van der Waals surface area contributed by atoms with Crippen LogP contribution in [-0.2, 0) is 17.7 Å². The Morgan fingerprint density at radius 1 is 0.735 bits per heavy atom. The van der Waals surface area contributed by atoms with Crippen LogP contribution in [0.15, 0.2) is 84.9 Å². The van der Waals surface area contributed by atoms with Crippen LogP contribution in [0.2, 0.25) is 0 Å². The van der Waals surface area contributed by atoms with Crippen molar-refractivity contribution in [2.24, 2.45) is 0 Å². The monoisotopic (exact) mass is 461 g/mol. The summed E-state index contributed by atoms with van der Waals surface area (Å²) in [6, 6.07) is 28.7. The second-order valence-corrected chi connectivity index (χ2v) is 8.77. The molecule has 0 aromatic heterocycles. The first-order valence-corrected chi connectivity index (χ1v) is 12.4. The SMILES string of the molecule is COc1ccc(CCCOCCCCCN(Cc2ccccc2)CC(O)c2ccccc2)cc1. The van der Waals surface area contributed by atoms with Crippen LogP contribution in [0.5, 0.6) is 5.75 Å². The average Bonchev–Trinajstić information content (AvgIpc) is 2.89. The number of rotatable bonds is 16. The summed E-state index contributed by atoms with van der Waals surface area (Å²) in [6.07, 6.45) is 4.90. The molecule has 0 heterocycles. The van der Waals surface area contributed by atoms with E-state index in [0.717, 1.165) is 69.7 Å². The van der Waals surface area contributed by atoms with Crippen LogP contribution < -0.4 is 4.74 Å². The van der Waals surface area contributed by atoms with E-state index in [-0.39, 0.29) is 0 Å². The molecule has 0 aliphatic heterocycles. The molecular weight excluding hydrogens is 422 g/mol. The quantitative estimate of drug-likeness (QED) is 0.264. The maximum atomic E-state index is 10.7. The Hall–Kier alpha value is -2.66. The molecule has 1 N–H and O–H groups in total. The van der Waals surface area contributed by atoms with Crippen molar-refractivity contribution in [3.8, 4) is 5.75 Å². The van der Waals surface area contributed by atoms with E-state index in [4.69, 9.17) is 9.47 Å². The van der Waals surface area contributed by atoms with Gasteiger partial charge in [0.05, 0.1) is 13.2 Å². The van der Waals surface area contributed by atoms with Gasteiger partial charge in [-0.1, -0.05) is 72.8 Å². The molecule has 0 aliphatic carbocycles. The molecule has 4 nitrogen and oxygen atoms in total. The van der Waals surface area contributed by atoms with Crippen molar-refractivity contribution in [3.63, 3.8) is 0 Å². The van der Waals surface area contributed by atoms with Crippen LogP contribution in [0.1, 0.15) is 48.5 Å². The van der Waals surface area contributed by atoms with Gasteiger partial charge in [0.1, 0.15) is 5.75 Å². The fraction of sp³-hybridized carbons (Fsp3) is 0.400. The summed E-state index contributed by atoms with van der Waals surface area (Å²) in [7, 11) is 1.69. The van der Waals surface area contributed by atoms with Gasteiger partial charge in [-0.05, 0) is 67.5 Å². The van der Waals surface area contributed by atoms with E-state index >= 15 is 0 Å². The van der Waals surface area contributed by atoms with Gasteiger partial charge in [0.25, 0.3) is 0 Å². The lowest BCUT2D eigenvalue weighted by Crippen LogP contribution is -2.29. The number of methoxy groups -OCH3 is 1. The van der Waals surface area contributed by atoms with Crippen molar-refractivity contribution in [2.45, 2.75) is 44.8 Å². The normalized spacial score (nSPS) is 12.1. The van der Waals surface area contributed by atoms with Crippen LogP contribution in [0.3, 0.4) is 0 Å². The van der Waals surface area contributed by atoms with Crippen molar-refractivity contribution in [1.82, 2.24) is 4.90 Å². The van der Waals surface area contributed by atoms with Crippen molar-refractivity contribution in [3.05, 3.63) is 102 Å². The third-order valence-electron chi connectivity index (χ3n) is 6.04. The number of aliphatic hydroxyl groups is 1. The molecule has 1 unspecified atom stereocenters. The number of nitrogens with zero attached hydrogens (tertiary/aromatic N) is 1. The van der Waals surface area contributed by atoms with Crippen LogP contribution in [0.4, 0.5) is 0 Å². The van der Waals surface area contributed by atoms with Gasteiger partial charge in [-0.15, -0.1) is 0 Å².